The van der Waals surface area contributed by atoms with Gasteiger partial charge in [0.05, 0.1) is 12.7 Å². The molecule has 0 atom stereocenters. The lowest BCUT2D eigenvalue weighted by Gasteiger charge is -2.25. The van der Waals surface area contributed by atoms with Gasteiger partial charge >= 0.3 is 0 Å². The van der Waals surface area contributed by atoms with Crippen LogP contribution < -0.4 is 0 Å². The summed E-state index contributed by atoms with van der Waals surface area (Å²) >= 11 is 0. The van der Waals surface area contributed by atoms with Crippen molar-refractivity contribution in [3.8, 4) is 5.69 Å². The normalized spacial score (nSPS) is 13.9. The minimum absolute atomic E-state index is 0.0471. The SMILES string of the molecule is O=C(c1ccc(-n2cccc2)cc1)N1CCc2oncc2C1. The fourth-order valence-corrected chi connectivity index (χ4v) is 2.78. The second-order valence-corrected chi connectivity index (χ2v) is 5.39. The van der Waals surface area contributed by atoms with Gasteiger partial charge in [-0.1, -0.05) is 5.16 Å². The summed E-state index contributed by atoms with van der Waals surface area (Å²) in [6, 6.07) is 11.6. The van der Waals surface area contributed by atoms with Gasteiger partial charge < -0.3 is 14.0 Å². The van der Waals surface area contributed by atoms with Crippen LogP contribution in [0.25, 0.3) is 5.69 Å². The van der Waals surface area contributed by atoms with E-state index < -0.39 is 0 Å². The summed E-state index contributed by atoms with van der Waals surface area (Å²) < 4.78 is 7.17. The summed E-state index contributed by atoms with van der Waals surface area (Å²) in [4.78, 5) is 14.4. The molecule has 0 saturated heterocycles. The molecule has 0 saturated carbocycles. The maximum Gasteiger partial charge on any atom is 0.254 e. The molecule has 1 aliphatic heterocycles. The van der Waals surface area contributed by atoms with Crippen LogP contribution in [0.4, 0.5) is 0 Å². The Kier molecular flexibility index (Phi) is 3.04. The van der Waals surface area contributed by atoms with Crippen LogP contribution in [0.3, 0.4) is 0 Å². The molecule has 2 aromatic heterocycles. The number of hydrogen-bond acceptors (Lipinski definition) is 3. The van der Waals surface area contributed by atoms with E-state index in [0.717, 1.165) is 23.4 Å². The number of aromatic nitrogens is 2. The van der Waals surface area contributed by atoms with Crippen LogP contribution in [0.1, 0.15) is 21.7 Å². The maximum absolute atomic E-state index is 12.6. The molecule has 1 aromatic carbocycles. The van der Waals surface area contributed by atoms with Gasteiger partial charge in [0.15, 0.2) is 0 Å². The van der Waals surface area contributed by atoms with Crippen LogP contribution in [-0.2, 0) is 13.0 Å². The largest absolute Gasteiger partial charge is 0.361 e. The average molecular weight is 293 g/mol. The molecule has 3 heterocycles. The third kappa shape index (κ3) is 2.20. The summed E-state index contributed by atoms with van der Waals surface area (Å²) in [5, 5.41) is 3.79. The molecule has 1 aliphatic rings. The van der Waals surface area contributed by atoms with E-state index in [1.165, 1.54) is 0 Å². The van der Waals surface area contributed by atoms with Crippen molar-refractivity contribution < 1.29 is 9.32 Å². The van der Waals surface area contributed by atoms with Crippen molar-refractivity contribution >= 4 is 5.91 Å². The summed E-state index contributed by atoms with van der Waals surface area (Å²) in [7, 11) is 0. The smallest absolute Gasteiger partial charge is 0.254 e. The van der Waals surface area contributed by atoms with Crippen molar-refractivity contribution in [2.45, 2.75) is 13.0 Å². The highest BCUT2D eigenvalue weighted by atomic mass is 16.5. The van der Waals surface area contributed by atoms with Crippen LogP contribution in [0, 0.1) is 0 Å². The van der Waals surface area contributed by atoms with Crippen LogP contribution in [0.5, 0.6) is 0 Å². The van der Waals surface area contributed by atoms with Crippen molar-refractivity contribution in [2.75, 3.05) is 6.54 Å². The molecule has 110 valence electrons. The lowest BCUT2D eigenvalue weighted by atomic mass is 10.1. The standard InChI is InChI=1S/C17H15N3O2/c21-17(20-10-7-16-14(12-20)11-18-22-16)13-3-5-15(6-4-13)19-8-1-2-9-19/h1-6,8-9,11H,7,10,12H2. The monoisotopic (exact) mass is 293 g/mol. The van der Waals surface area contributed by atoms with E-state index in [1.807, 2.05) is 58.3 Å². The Hall–Kier alpha value is -2.82. The number of nitrogens with zero attached hydrogens (tertiary/aromatic N) is 3. The van der Waals surface area contributed by atoms with E-state index in [1.54, 1.807) is 6.20 Å². The highest BCUT2D eigenvalue weighted by Crippen LogP contribution is 2.20. The minimum Gasteiger partial charge on any atom is -0.361 e. The molecule has 5 heteroatoms. The molecule has 0 unspecified atom stereocenters. The van der Waals surface area contributed by atoms with Gasteiger partial charge in [0.25, 0.3) is 5.91 Å². The molecule has 0 spiro atoms. The molecule has 4 rings (SSSR count). The number of benzene rings is 1. The van der Waals surface area contributed by atoms with Crippen molar-refractivity contribution in [3.05, 3.63) is 71.9 Å². The molecule has 1 amide bonds. The summed E-state index contributed by atoms with van der Waals surface area (Å²) in [5.74, 6) is 0.943. The molecule has 0 fully saturated rings. The first-order valence-corrected chi connectivity index (χ1v) is 7.26. The molecule has 0 aliphatic carbocycles. The van der Waals surface area contributed by atoms with E-state index in [0.29, 0.717) is 18.7 Å². The Morgan fingerprint density at radius 1 is 1.14 bits per heavy atom. The molecular weight excluding hydrogens is 278 g/mol. The number of rotatable bonds is 2. The van der Waals surface area contributed by atoms with Crippen LogP contribution >= 0.6 is 0 Å². The fraction of sp³-hybridized carbons (Fsp3) is 0.176. The van der Waals surface area contributed by atoms with E-state index in [2.05, 4.69) is 5.16 Å². The number of hydrogen-bond donors (Lipinski definition) is 0. The molecule has 5 nitrogen and oxygen atoms in total. The summed E-state index contributed by atoms with van der Waals surface area (Å²) in [5.41, 5.74) is 2.75. The highest BCUT2D eigenvalue weighted by Gasteiger charge is 2.24. The van der Waals surface area contributed by atoms with Gasteiger partial charge in [0.1, 0.15) is 5.76 Å². The van der Waals surface area contributed by atoms with Crippen molar-refractivity contribution in [2.24, 2.45) is 0 Å². The minimum atomic E-state index is 0.0471. The van der Waals surface area contributed by atoms with E-state index >= 15 is 0 Å². The van der Waals surface area contributed by atoms with E-state index in [4.69, 9.17) is 4.52 Å². The van der Waals surface area contributed by atoms with Crippen molar-refractivity contribution in [3.63, 3.8) is 0 Å². The first kappa shape index (κ1) is 12.9. The predicted octanol–water partition coefficient (Wildman–Crippen LogP) is 2.66. The van der Waals surface area contributed by atoms with Gasteiger partial charge in [-0.2, -0.15) is 0 Å². The lowest BCUT2D eigenvalue weighted by Crippen LogP contribution is -2.35. The Morgan fingerprint density at radius 3 is 2.68 bits per heavy atom. The third-order valence-corrected chi connectivity index (χ3v) is 4.00. The van der Waals surface area contributed by atoms with Gasteiger partial charge in [-0.25, -0.2) is 0 Å². The topological polar surface area (TPSA) is 51.3 Å². The summed E-state index contributed by atoms with van der Waals surface area (Å²) in [6.45, 7) is 1.23. The van der Waals surface area contributed by atoms with Gasteiger partial charge in [-0.05, 0) is 36.4 Å². The molecule has 0 N–H and O–H groups in total. The number of amides is 1. The number of carbonyl (C=O) groups is 1. The maximum atomic E-state index is 12.6. The first-order valence-electron chi connectivity index (χ1n) is 7.26. The molecule has 0 bridgehead atoms. The Balaban J connectivity index is 1.54. The van der Waals surface area contributed by atoms with Crippen LogP contribution in [0.2, 0.25) is 0 Å². The number of fused-ring (bicyclic) bond motifs is 1. The van der Waals surface area contributed by atoms with Gasteiger partial charge in [-0.15, -0.1) is 0 Å². The zero-order chi connectivity index (χ0) is 14.9. The van der Waals surface area contributed by atoms with Crippen LogP contribution in [0.15, 0.2) is 59.5 Å². The molecule has 22 heavy (non-hydrogen) atoms. The Morgan fingerprint density at radius 2 is 1.91 bits per heavy atom. The predicted molar refractivity (Wildman–Crippen MR) is 80.7 cm³/mol. The Labute approximate surface area is 127 Å². The van der Waals surface area contributed by atoms with E-state index in [-0.39, 0.29) is 5.91 Å². The molecular formula is C17H15N3O2. The lowest BCUT2D eigenvalue weighted by molar-refractivity contribution is 0.0729. The van der Waals surface area contributed by atoms with Gasteiger partial charge in [0.2, 0.25) is 0 Å². The second kappa shape index (κ2) is 5.18. The average Bonchev–Trinajstić information content (AvgIpc) is 3.25. The van der Waals surface area contributed by atoms with Gasteiger partial charge in [0, 0.05) is 42.2 Å². The van der Waals surface area contributed by atoms with Crippen molar-refractivity contribution in [1.29, 1.82) is 0 Å². The molecule has 0 radical (unpaired) electrons. The highest BCUT2D eigenvalue weighted by molar-refractivity contribution is 5.94. The van der Waals surface area contributed by atoms with E-state index in [9.17, 15) is 4.79 Å². The fourth-order valence-electron chi connectivity index (χ4n) is 2.78. The second-order valence-electron chi connectivity index (χ2n) is 5.39. The van der Waals surface area contributed by atoms with Crippen LogP contribution in [-0.4, -0.2) is 27.1 Å². The zero-order valence-corrected chi connectivity index (χ0v) is 12.0. The molecule has 3 aromatic rings. The quantitative estimate of drug-likeness (QED) is 0.730. The third-order valence-electron chi connectivity index (χ3n) is 4.00. The van der Waals surface area contributed by atoms with Gasteiger partial charge in [-0.3, -0.25) is 4.79 Å². The first-order chi connectivity index (χ1) is 10.8. The summed E-state index contributed by atoms with van der Waals surface area (Å²) in [6.07, 6.45) is 6.39. The van der Waals surface area contributed by atoms with Crippen molar-refractivity contribution in [1.82, 2.24) is 14.6 Å². The Bertz CT molecular complexity index is 788. The zero-order valence-electron chi connectivity index (χ0n) is 12.0. The number of carbonyl (C=O) groups excluding carboxylic acids is 1.